The molecule has 0 rings (SSSR count). The van der Waals surface area contributed by atoms with Gasteiger partial charge in [0.25, 0.3) is 0 Å². The molecule has 3 N–H and O–H groups in total. The number of hydrogen-bond acceptors (Lipinski definition) is 17. The fourth-order valence-corrected chi connectivity index (χ4v) is 3.40. The maximum atomic E-state index is 11.3. The minimum absolute atomic E-state index is 0.0110. The smallest absolute Gasteiger partial charge is 0.407 e. The number of thioether (sulfide) groups is 1. The standard InChI is InChI=1S/C12H22N2O4.C7H13NO3.C7H14O2.C6H12O2.C5H10O2.C4H8O2.C3H9N.C3H8S/c1-4-14(17)9-7-6-8-11(10(3)15)13-12(16)18-5-2;1-3-8-7(10)5-11-4-6(2)9;1-3-9-6-4-5-7(2)8;1-3-8-5-4-6(2)7;1-3-7-4-5(2)6;1-3-6-4(2)5;2*1-3-4-2/h11H,4-9H2,1-3H3;3-5H2,1-2H3,(H,8,10);3-6H2,1-2H3;3-5H2,1-2H3;3-4H2,1-2H3;3H2,1-2H3;4H,3H2,1-2H3;3H2,1-2H3/p+1. The highest BCUT2D eigenvalue weighted by Crippen LogP contribution is 2.03. The molecule has 0 fully saturated rings. The molecule has 0 saturated carbocycles. The lowest BCUT2D eigenvalue weighted by atomic mass is 10.1. The molecule has 0 spiro atoms. The van der Waals surface area contributed by atoms with Gasteiger partial charge in [-0.15, -0.1) is 0 Å². The fraction of sp³-hybridized carbons (Fsp3) is 0.830. The summed E-state index contributed by atoms with van der Waals surface area (Å²) < 4.78 is 29.5. The molecule has 0 aromatic carbocycles. The van der Waals surface area contributed by atoms with Crippen molar-refractivity contribution in [2.75, 3.05) is 111 Å². The number of nitrogens with zero attached hydrogens (tertiary/aromatic N) is 1. The second kappa shape index (κ2) is 71.3. The number of esters is 1. The molecule has 400 valence electrons. The lowest BCUT2D eigenvalue weighted by molar-refractivity contribution is -0.545. The van der Waals surface area contributed by atoms with Crippen LogP contribution in [0.15, 0.2) is 0 Å². The molecule has 0 saturated heterocycles. The predicted molar refractivity (Wildman–Crippen MR) is 269 cm³/mol. The second-order valence-electron chi connectivity index (χ2n) is 13.4. The number of alkyl carbamates (subject to hydrolysis) is 1. The van der Waals surface area contributed by atoms with Crippen molar-refractivity contribution in [1.29, 1.82) is 0 Å². The molecule has 19 nitrogen and oxygen atoms in total. The van der Waals surface area contributed by atoms with Crippen molar-refractivity contribution < 1.29 is 71.5 Å². The molecule has 67 heavy (non-hydrogen) atoms. The monoisotopic (exact) mass is 990 g/mol. The number of amides is 2. The molecular formula is C47H97N4O15S+. The first-order chi connectivity index (χ1) is 31.6. The van der Waals surface area contributed by atoms with Crippen molar-refractivity contribution in [3.8, 4) is 0 Å². The van der Waals surface area contributed by atoms with Gasteiger partial charge in [0.1, 0.15) is 31.4 Å². The Bertz CT molecular complexity index is 1170. The van der Waals surface area contributed by atoms with Crippen LogP contribution in [0.1, 0.15) is 142 Å². The van der Waals surface area contributed by atoms with Gasteiger partial charge in [0.15, 0.2) is 30.4 Å². The molecular weight excluding hydrogens is 893 g/mol. The number of ether oxygens (including phenoxy) is 6. The number of unbranched alkanes of at least 4 members (excludes halogenated alkanes) is 1. The molecule has 0 radical (unpaired) electrons. The summed E-state index contributed by atoms with van der Waals surface area (Å²) >= 11 is 1.86. The molecule has 0 aromatic rings. The summed E-state index contributed by atoms with van der Waals surface area (Å²) in [6.07, 6.45) is 5.56. The highest BCUT2D eigenvalue weighted by atomic mass is 32.2. The number of carbonyl (C=O) groups excluding carboxylic acids is 8. The maximum absolute atomic E-state index is 11.3. The number of nitroso groups, excluding NO2 is 1. The van der Waals surface area contributed by atoms with Crippen molar-refractivity contribution in [1.82, 2.24) is 16.0 Å². The molecule has 1 atom stereocenters. The average molecular weight is 990 g/mol. The van der Waals surface area contributed by atoms with Crippen molar-refractivity contribution in [2.24, 2.45) is 0 Å². The third-order valence-corrected chi connectivity index (χ3v) is 7.37. The van der Waals surface area contributed by atoms with E-state index in [1.54, 1.807) is 34.6 Å². The summed E-state index contributed by atoms with van der Waals surface area (Å²) in [4.78, 5) is 95.0. The Hall–Kier alpha value is -3.69. The van der Waals surface area contributed by atoms with Gasteiger partial charge in [0.05, 0.1) is 25.9 Å². The van der Waals surface area contributed by atoms with E-state index in [9.17, 15) is 43.3 Å². The molecule has 0 heterocycles. The zero-order valence-corrected chi connectivity index (χ0v) is 45.7. The van der Waals surface area contributed by atoms with Crippen LogP contribution in [0.5, 0.6) is 0 Å². The van der Waals surface area contributed by atoms with E-state index in [0.29, 0.717) is 71.7 Å². The summed E-state index contributed by atoms with van der Waals surface area (Å²) in [5, 5.41) is 7.99. The summed E-state index contributed by atoms with van der Waals surface area (Å²) in [6.45, 7) is 32.9. The third-order valence-electron chi connectivity index (χ3n) is 6.80. The van der Waals surface area contributed by atoms with Gasteiger partial charge in [0.2, 0.25) is 5.91 Å². The van der Waals surface area contributed by atoms with Gasteiger partial charge in [-0.2, -0.15) is 11.8 Å². The molecule has 0 aliphatic heterocycles. The van der Waals surface area contributed by atoms with Crippen molar-refractivity contribution in [3.05, 3.63) is 4.91 Å². The average Bonchev–Trinajstić information content (AvgIpc) is 3.26. The van der Waals surface area contributed by atoms with E-state index in [1.807, 2.05) is 46.5 Å². The summed E-state index contributed by atoms with van der Waals surface area (Å²) in [6, 6.07) is -0.522. The SMILES string of the molecule is CCNC.CCNC(=O)COCC(C)=O.CCOC(=O)NC(CCCC[N+](=O)CC)C(C)=O.CCOC(C)=O.CCOCC(C)=O.CCOCCC(C)=O.CCOCCCC(C)=O.CCSC. The molecule has 20 heteroatoms. The first-order valence-corrected chi connectivity index (χ1v) is 24.7. The number of carbonyl (C=O) groups is 8. The number of ketones is 5. The van der Waals surface area contributed by atoms with Gasteiger partial charge in [0, 0.05) is 64.1 Å². The van der Waals surface area contributed by atoms with E-state index in [-0.39, 0.29) is 67.2 Å². The topological polar surface area (TPSA) is 248 Å². The molecule has 1 unspecified atom stereocenters. The Balaban J connectivity index is -0.000000104. The minimum Gasteiger partial charge on any atom is -0.466 e. The van der Waals surface area contributed by atoms with Crippen LogP contribution in [0.25, 0.3) is 0 Å². The third kappa shape index (κ3) is 110. The van der Waals surface area contributed by atoms with Gasteiger partial charge in [-0.05, 0) is 133 Å². The van der Waals surface area contributed by atoms with Crippen LogP contribution in [0.4, 0.5) is 4.79 Å². The number of rotatable bonds is 29. The Kier molecular flexibility index (Phi) is 85.5. The summed E-state index contributed by atoms with van der Waals surface area (Å²) in [5.41, 5.74) is 0. The lowest BCUT2D eigenvalue weighted by Crippen LogP contribution is -2.40. The van der Waals surface area contributed by atoms with Crippen molar-refractivity contribution in [2.45, 2.75) is 148 Å². The molecule has 0 aromatic heterocycles. The van der Waals surface area contributed by atoms with E-state index < -0.39 is 12.1 Å². The molecule has 2 amide bonds. The fourth-order valence-electron chi connectivity index (χ4n) is 3.40. The quantitative estimate of drug-likeness (QED) is 0.0408. The minimum atomic E-state index is -0.572. The maximum Gasteiger partial charge on any atom is 0.407 e. The van der Waals surface area contributed by atoms with E-state index in [1.165, 1.54) is 33.4 Å². The second-order valence-corrected chi connectivity index (χ2v) is 14.5. The lowest BCUT2D eigenvalue weighted by Gasteiger charge is -2.14. The first kappa shape index (κ1) is 80.3. The van der Waals surface area contributed by atoms with Gasteiger partial charge >= 0.3 is 12.1 Å². The van der Waals surface area contributed by atoms with Crippen LogP contribution in [0, 0.1) is 4.91 Å². The normalized spacial score (nSPS) is 9.57. The summed E-state index contributed by atoms with van der Waals surface area (Å²) in [5.74, 6) is 1.19. The highest BCUT2D eigenvalue weighted by molar-refractivity contribution is 7.98. The number of Topliss-reactive ketones (excluding diaryl/α,β-unsaturated/α-hetero) is 5. The van der Waals surface area contributed by atoms with Crippen LogP contribution >= 0.6 is 11.8 Å². The van der Waals surface area contributed by atoms with Gasteiger partial charge < -0.3 is 49.2 Å². The van der Waals surface area contributed by atoms with E-state index in [2.05, 4.69) is 40.8 Å². The zero-order valence-electron chi connectivity index (χ0n) is 44.9. The predicted octanol–water partition coefficient (Wildman–Crippen LogP) is 6.56. The van der Waals surface area contributed by atoms with E-state index >= 15 is 0 Å². The van der Waals surface area contributed by atoms with E-state index in [0.717, 1.165) is 37.4 Å². The van der Waals surface area contributed by atoms with E-state index in [4.69, 9.17) is 23.7 Å². The van der Waals surface area contributed by atoms with Gasteiger partial charge in [-0.3, -0.25) is 28.8 Å². The Morgan fingerprint density at radius 2 is 1.04 bits per heavy atom. The Morgan fingerprint density at radius 3 is 1.37 bits per heavy atom. The van der Waals surface area contributed by atoms with Gasteiger partial charge in [-0.25, -0.2) is 4.79 Å². The molecule has 0 bridgehead atoms. The first-order valence-electron chi connectivity index (χ1n) is 23.3. The molecule has 0 aliphatic carbocycles. The van der Waals surface area contributed by atoms with Crippen molar-refractivity contribution in [3.63, 3.8) is 0 Å². The van der Waals surface area contributed by atoms with Crippen molar-refractivity contribution >= 4 is 58.6 Å². The largest absolute Gasteiger partial charge is 0.466 e. The number of likely N-dealkylation sites (N-methyl/N-ethyl adjacent to an activating group) is 1. The van der Waals surface area contributed by atoms with Crippen LogP contribution in [0.3, 0.4) is 0 Å². The van der Waals surface area contributed by atoms with Gasteiger partial charge in [-0.1, -0.05) is 13.8 Å². The zero-order chi connectivity index (χ0) is 53.7. The van der Waals surface area contributed by atoms with Crippen LogP contribution < -0.4 is 16.0 Å². The Labute approximate surface area is 409 Å². The summed E-state index contributed by atoms with van der Waals surface area (Å²) in [7, 11) is 1.93. The number of nitrogens with one attached hydrogen (secondary N) is 3. The Morgan fingerprint density at radius 1 is 0.567 bits per heavy atom. The van der Waals surface area contributed by atoms with Crippen LogP contribution in [-0.2, 0) is 62.0 Å². The molecule has 0 aliphatic rings. The highest BCUT2D eigenvalue weighted by Gasteiger charge is 2.17. The van der Waals surface area contributed by atoms with Crippen LogP contribution in [-0.4, -0.2) is 169 Å². The number of hydrogen-bond donors (Lipinski definition) is 3. The van der Waals surface area contributed by atoms with Crippen LogP contribution in [0.2, 0.25) is 0 Å².